The average Bonchev–Trinajstić information content (AvgIpc) is 2.03. The zero-order valence-electron chi connectivity index (χ0n) is 7.50. The number of Topliss-reactive ketones (excluding diaryl/α,β-unsaturated/α-hetero) is 1. The van der Waals surface area contributed by atoms with E-state index in [0.29, 0.717) is 19.3 Å². The second-order valence-corrected chi connectivity index (χ2v) is 3.39. The number of methoxy groups -OCH3 is 1. The maximum absolute atomic E-state index is 11.2. The van der Waals surface area contributed by atoms with E-state index in [0.717, 1.165) is 0 Å². The molecule has 0 spiro atoms. The SMILES string of the molecule is COC(=O)C1CCC(=O)CC1C. The molecule has 0 aromatic carbocycles. The first-order chi connectivity index (χ1) is 5.65. The summed E-state index contributed by atoms with van der Waals surface area (Å²) in [6, 6.07) is 0. The summed E-state index contributed by atoms with van der Waals surface area (Å²) in [7, 11) is 1.39. The molecule has 1 fully saturated rings. The Morgan fingerprint density at radius 3 is 2.75 bits per heavy atom. The first-order valence-corrected chi connectivity index (χ1v) is 4.24. The third kappa shape index (κ3) is 1.84. The van der Waals surface area contributed by atoms with Gasteiger partial charge in [-0.15, -0.1) is 0 Å². The fourth-order valence-electron chi connectivity index (χ4n) is 1.71. The van der Waals surface area contributed by atoms with Crippen molar-refractivity contribution in [2.24, 2.45) is 11.8 Å². The van der Waals surface area contributed by atoms with E-state index in [1.165, 1.54) is 7.11 Å². The highest BCUT2D eigenvalue weighted by Crippen LogP contribution is 2.28. The summed E-state index contributed by atoms with van der Waals surface area (Å²) in [5, 5.41) is 0. The number of rotatable bonds is 1. The Bertz CT molecular complexity index is 198. The lowest BCUT2D eigenvalue weighted by Gasteiger charge is -2.25. The van der Waals surface area contributed by atoms with Gasteiger partial charge in [0.25, 0.3) is 0 Å². The molecule has 2 unspecified atom stereocenters. The van der Waals surface area contributed by atoms with Crippen LogP contribution in [0.4, 0.5) is 0 Å². The molecule has 0 heterocycles. The van der Waals surface area contributed by atoms with Crippen molar-refractivity contribution >= 4 is 11.8 Å². The van der Waals surface area contributed by atoms with Gasteiger partial charge < -0.3 is 4.74 Å². The van der Waals surface area contributed by atoms with Crippen LogP contribution >= 0.6 is 0 Å². The van der Waals surface area contributed by atoms with Gasteiger partial charge in [-0.3, -0.25) is 9.59 Å². The van der Waals surface area contributed by atoms with E-state index < -0.39 is 0 Å². The monoisotopic (exact) mass is 170 g/mol. The molecule has 1 rings (SSSR count). The molecule has 0 aliphatic heterocycles. The zero-order chi connectivity index (χ0) is 9.14. The number of ketones is 1. The van der Waals surface area contributed by atoms with Gasteiger partial charge in [0, 0.05) is 12.8 Å². The van der Waals surface area contributed by atoms with Crippen LogP contribution in [0.25, 0.3) is 0 Å². The summed E-state index contributed by atoms with van der Waals surface area (Å²) in [5.74, 6) is 0.184. The molecule has 1 aliphatic rings. The molecule has 1 aliphatic carbocycles. The Balaban J connectivity index is 2.56. The molecule has 0 amide bonds. The number of carbonyl (C=O) groups excluding carboxylic acids is 2. The van der Waals surface area contributed by atoms with Crippen molar-refractivity contribution in [1.29, 1.82) is 0 Å². The minimum Gasteiger partial charge on any atom is -0.469 e. The van der Waals surface area contributed by atoms with E-state index in [1.54, 1.807) is 0 Å². The van der Waals surface area contributed by atoms with E-state index in [4.69, 9.17) is 0 Å². The van der Waals surface area contributed by atoms with Crippen molar-refractivity contribution in [3.63, 3.8) is 0 Å². The minimum absolute atomic E-state index is 0.0623. The molecule has 1 saturated carbocycles. The fraction of sp³-hybridized carbons (Fsp3) is 0.778. The standard InChI is InChI=1S/C9H14O3/c1-6-5-7(10)3-4-8(6)9(11)12-2/h6,8H,3-5H2,1-2H3. The quantitative estimate of drug-likeness (QED) is 0.555. The van der Waals surface area contributed by atoms with Gasteiger partial charge in [0.2, 0.25) is 0 Å². The van der Waals surface area contributed by atoms with E-state index in [1.807, 2.05) is 6.92 Å². The van der Waals surface area contributed by atoms with Crippen molar-refractivity contribution < 1.29 is 14.3 Å². The Labute approximate surface area is 72.1 Å². The number of hydrogen-bond acceptors (Lipinski definition) is 3. The Hall–Kier alpha value is -0.860. The Morgan fingerprint density at radius 1 is 1.58 bits per heavy atom. The first-order valence-electron chi connectivity index (χ1n) is 4.24. The van der Waals surface area contributed by atoms with Gasteiger partial charge in [-0.05, 0) is 12.3 Å². The lowest BCUT2D eigenvalue weighted by molar-refractivity contribution is -0.149. The summed E-state index contributed by atoms with van der Waals surface area (Å²) in [5.41, 5.74) is 0. The van der Waals surface area contributed by atoms with E-state index in [9.17, 15) is 9.59 Å². The summed E-state index contributed by atoms with van der Waals surface area (Å²) < 4.78 is 4.65. The van der Waals surface area contributed by atoms with Crippen molar-refractivity contribution in [1.82, 2.24) is 0 Å². The topological polar surface area (TPSA) is 43.4 Å². The van der Waals surface area contributed by atoms with Gasteiger partial charge in [-0.2, -0.15) is 0 Å². The van der Waals surface area contributed by atoms with Crippen LogP contribution in [0.1, 0.15) is 26.2 Å². The van der Waals surface area contributed by atoms with Gasteiger partial charge in [0.15, 0.2) is 0 Å². The second-order valence-electron chi connectivity index (χ2n) is 3.39. The third-order valence-corrected chi connectivity index (χ3v) is 2.47. The molecular weight excluding hydrogens is 156 g/mol. The van der Waals surface area contributed by atoms with Crippen molar-refractivity contribution in [3.05, 3.63) is 0 Å². The zero-order valence-corrected chi connectivity index (χ0v) is 7.50. The van der Waals surface area contributed by atoms with E-state index >= 15 is 0 Å². The van der Waals surface area contributed by atoms with Crippen LogP contribution < -0.4 is 0 Å². The molecule has 0 aromatic heterocycles. The smallest absolute Gasteiger partial charge is 0.308 e. The van der Waals surface area contributed by atoms with Crippen molar-refractivity contribution in [2.75, 3.05) is 7.11 Å². The summed E-state index contributed by atoms with van der Waals surface area (Å²) in [6.07, 6.45) is 1.72. The molecule has 0 bridgehead atoms. The van der Waals surface area contributed by atoms with Crippen molar-refractivity contribution in [2.45, 2.75) is 26.2 Å². The average molecular weight is 170 g/mol. The molecule has 0 radical (unpaired) electrons. The highest BCUT2D eigenvalue weighted by Gasteiger charge is 2.31. The summed E-state index contributed by atoms with van der Waals surface area (Å²) in [4.78, 5) is 22.1. The lowest BCUT2D eigenvalue weighted by Crippen LogP contribution is -2.29. The van der Waals surface area contributed by atoms with Crippen LogP contribution in [0.5, 0.6) is 0 Å². The van der Waals surface area contributed by atoms with Crippen LogP contribution in [-0.4, -0.2) is 18.9 Å². The predicted octanol–water partition coefficient (Wildman–Crippen LogP) is 1.16. The number of esters is 1. The Morgan fingerprint density at radius 2 is 2.25 bits per heavy atom. The van der Waals surface area contributed by atoms with Crippen molar-refractivity contribution in [3.8, 4) is 0 Å². The summed E-state index contributed by atoms with van der Waals surface area (Å²) in [6.45, 7) is 1.93. The van der Waals surface area contributed by atoms with Crippen LogP contribution in [-0.2, 0) is 14.3 Å². The predicted molar refractivity (Wildman–Crippen MR) is 43.5 cm³/mol. The van der Waals surface area contributed by atoms with E-state index in [-0.39, 0.29) is 23.6 Å². The molecule has 0 N–H and O–H groups in total. The van der Waals surface area contributed by atoms with Crippen LogP contribution in [0.2, 0.25) is 0 Å². The maximum atomic E-state index is 11.2. The van der Waals surface area contributed by atoms with Gasteiger partial charge in [0.1, 0.15) is 5.78 Å². The third-order valence-electron chi connectivity index (χ3n) is 2.47. The fourth-order valence-corrected chi connectivity index (χ4v) is 1.71. The van der Waals surface area contributed by atoms with Gasteiger partial charge in [-0.25, -0.2) is 0 Å². The molecule has 12 heavy (non-hydrogen) atoms. The second kappa shape index (κ2) is 3.70. The first kappa shape index (κ1) is 9.23. The highest BCUT2D eigenvalue weighted by atomic mass is 16.5. The van der Waals surface area contributed by atoms with Gasteiger partial charge in [0.05, 0.1) is 13.0 Å². The van der Waals surface area contributed by atoms with E-state index in [2.05, 4.69) is 4.74 Å². The molecule has 0 aromatic rings. The van der Waals surface area contributed by atoms with Crippen LogP contribution in [0.15, 0.2) is 0 Å². The largest absolute Gasteiger partial charge is 0.469 e. The lowest BCUT2D eigenvalue weighted by atomic mass is 9.80. The minimum atomic E-state index is -0.171. The summed E-state index contributed by atoms with van der Waals surface area (Å²) >= 11 is 0. The molecule has 2 atom stereocenters. The Kier molecular flexibility index (Phi) is 2.84. The number of carbonyl (C=O) groups is 2. The number of ether oxygens (including phenoxy) is 1. The molecular formula is C9H14O3. The number of hydrogen-bond donors (Lipinski definition) is 0. The normalized spacial score (nSPS) is 30.0. The molecule has 3 heteroatoms. The molecule has 3 nitrogen and oxygen atoms in total. The van der Waals surface area contributed by atoms with Gasteiger partial charge >= 0.3 is 5.97 Å². The maximum Gasteiger partial charge on any atom is 0.308 e. The highest BCUT2D eigenvalue weighted by molar-refractivity contribution is 5.82. The van der Waals surface area contributed by atoms with Crippen LogP contribution in [0.3, 0.4) is 0 Å². The molecule has 68 valence electrons. The van der Waals surface area contributed by atoms with Crippen LogP contribution in [0, 0.1) is 11.8 Å². The molecule has 0 saturated heterocycles. The van der Waals surface area contributed by atoms with Gasteiger partial charge in [-0.1, -0.05) is 6.92 Å².